The molecule has 0 aromatic carbocycles. The van der Waals surface area contributed by atoms with Crippen LogP contribution in [0.4, 0.5) is 0 Å². The van der Waals surface area contributed by atoms with Crippen LogP contribution in [0.15, 0.2) is 0 Å². The van der Waals surface area contributed by atoms with Gasteiger partial charge in [0.25, 0.3) is 0 Å². The maximum Gasteiger partial charge on any atom is 0.0441 e. The number of nitrogens with zero attached hydrogens (tertiary/aromatic N) is 2. The highest BCUT2D eigenvalue weighted by Gasteiger charge is 2.43. The van der Waals surface area contributed by atoms with E-state index in [2.05, 4.69) is 23.0 Å². The minimum absolute atomic E-state index is 0.724. The van der Waals surface area contributed by atoms with Crippen LogP contribution in [0.5, 0.6) is 0 Å². The van der Waals surface area contributed by atoms with E-state index in [0.29, 0.717) is 0 Å². The monoisotopic (exact) mass is 214 g/mol. The Labute approximate surface area is 92.0 Å². The Kier molecular flexibility index (Phi) is 3.40. The molecule has 2 saturated heterocycles. The first-order valence-electron chi connectivity index (χ1n) is 5.72. The van der Waals surface area contributed by atoms with E-state index in [1.807, 2.05) is 11.8 Å². The van der Waals surface area contributed by atoms with Gasteiger partial charge in [0.1, 0.15) is 0 Å². The van der Waals surface area contributed by atoms with Gasteiger partial charge in [-0.3, -0.25) is 4.90 Å². The molecule has 0 unspecified atom stereocenters. The summed E-state index contributed by atoms with van der Waals surface area (Å²) in [6, 6.07) is 0. The van der Waals surface area contributed by atoms with Crippen LogP contribution in [0.3, 0.4) is 0 Å². The molecule has 1 spiro atoms. The Morgan fingerprint density at radius 3 is 2.29 bits per heavy atom. The third kappa shape index (κ3) is 2.10. The lowest BCUT2D eigenvalue weighted by molar-refractivity contribution is -0.0340. The molecule has 14 heavy (non-hydrogen) atoms. The second-order valence-electron chi connectivity index (χ2n) is 4.84. The zero-order valence-corrected chi connectivity index (χ0v) is 10.3. The van der Waals surface area contributed by atoms with Crippen LogP contribution in [-0.4, -0.2) is 54.7 Å². The predicted molar refractivity (Wildman–Crippen MR) is 63.7 cm³/mol. The van der Waals surface area contributed by atoms with Gasteiger partial charge in [-0.25, -0.2) is 0 Å². The second kappa shape index (κ2) is 4.42. The van der Waals surface area contributed by atoms with E-state index in [1.165, 1.54) is 51.4 Å². The second-order valence-corrected chi connectivity index (χ2v) is 5.67. The topological polar surface area (TPSA) is 6.48 Å². The summed E-state index contributed by atoms with van der Waals surface area (Å²) in [6.45, 7) is 8.92. The number of hydrogen-bond acceptors (Lipinski definition) is 3. The first kappa shape index (κ1) is 10.8. The minimum Gasteiger partial charge on any atom is -0.304 e. The SMILES string of the molecule is CCN1CCC2(CC1)CN(CSC)C2. The molecule has 0 aromatic heterocycles. The molecule has 82 valence electrons. The van der Waals surface area contributed by atoms with Crippen molar-refractivity contribution in [3.05, 3.63) is 0 Å². The lowest BCUT2D eigenvalue weighted by atomic mass is 9.72. The van der Waals surface area contributed by atoms with Crippen LogP contribution in [0, 0.1) is 5.41 Å². The molecule has 0 saturated carbocycles. The number of hydrogen-bond donors (Lipinski definition) is 0. The van der Waals surface area contributed by atoms with Crippen molar-refractivity contribution in [2.75, 3.05) is 44.9 Å². The van der Waals surface area contributed by atoms with Crippen molar-refractivity contribution in [3.63, 3.8) is 0 Å². The van der Waals surface area contributed by atoms with Gasteiger partial charge in [0.15, 0.2) is 0 Å². The van der Waals surface area contributed by atoms with E-state index in [1.54, 1.807) is 0 Å². The van der Waals surface area contributed by atoms with Crippen molar-refractivity contribution in [1.82, 2.24) is 9.80 Å². The summed E-state index contributed by atoms with van der Waals surface area (Å²) < 4.78 is 0. The predicted octanol–water partition coefficient (Wildman–Crippen LogP) is 1.72. The summed E-state index contributed by atoms with van der Waals surface area (Å²) in [4.78, 5) is 5.18. The van der Waals surface area contributed by atoms with Crippen molar-refractivity contribution < 1.29 is 0 Å². The molecule has 0 aliphatic carbocycles. The van der Waals surface area contributed by atoms with Gasteiger partial charge in [0.2, 0.25) is 0 Å². The maximum absolute atomic E-state index is 2.59. The van der Waals surface area contributed by atoms with Crippen LogP contribution >= 0.6 is 11.8 Å². The number of rotatable bonds is 3. The summed E-state index contributed by atoms with van der Waals surface area (Å²) in [5.74, 6) is 1.24. The van der Waals surface area contributed by atoms with Crippen molar-refractivity contribution in [2.45, 2.75) is 19.8 Å². The van der Waals surface area contributed by atoms with Crippen molar-refractivity contribution >= 4 is 11.8 Å². The van der Waals surface area contributed by atoms with Gasteiger partial charge in [-0.15, -0.1) is 11.8 Å². The number of thioether (sulfide) groups is 1. The molecule has 2 aliphatic heterocycles. The largest absolute Gasteiger partial charge is 0.304 e. The van der Waals surface area contributed by atoms with Crippen LogP contribution < -0.4 is 0 Å². The van der Waals surface area contributed by atoms with Crippen LogP contribution in [0.2, 0.25) is 0 Å². The summed E-state index contributed by atoms with van der Waals surface area (Å²) in [6.07, 6.45) is 5.07. The number of likely N-dealkylation sites (tertiary alicyclic amines) is 2. The lowest BCUT2D eigenvalue weighted by Crippen LogP contribution is -2.59. The third-order valence-electron chi connectivity index (χ3n) is 3.79. The third-order valence-corrected chi connectivity index (χ3v) is 4.42. The molecule has 0 amide bonds. The van der Waals surface area contributed by atoms with Gasteiger partial charge in [-0.2, -0.15) is 0 Å². The van der Waals surface area contributed by atoms with E-state index < -0.39 is 0 Å². The number of piperidine rings is 1. The van der Waals surface area contributed by atoms with E-state index in [9.17, 15) is 0 Å². The summed E-state index contributed by atoms with van der Waals surface area (Å²) in [5, 5.41) is 0. The highest BCUT2D eigenvalue weighted by molar-refractivity contribution is 7.98. The van der Waals surface area contributed by atoms with Crippen LogP contribution in [-0.2, 0) is 0 Å². The molecule has 0 aromatic rings. The molecular weight excluding hydrogens is 192 g/mol. The first-order chi connectivity index (χ1) is 6.78. The normalized spacial score (nSPS) is 27.9. The Hall–Kier alpha value is 0.270. The van der Waals surface area contributed by atoms with E-state index in [0.717, 1.165) is 5.41 Å². The van der Waals surface area contributed by atoms with E-state index >= 15 is 0 Å². The molecule has 2 fully saturated rings. The maximum atomic E-state index is 2.59. The van der Waals surface area contributed by atoms with E-state index in [4.69, 9.17) is 0 Å². The molecule has 3 heteroatoms. The van der Waals surface area contributed by atoms with Gasteiger partial charge in [0.05, 0.1) is 0 Å². The quantitative estimate of drug-likeness (QED) is 0.706. The molecule has 0 N–H and O–H groups in total. The molecule has 0 bridgehead atoms. The van der Waals surface area contributed by atoms with Crippen LogP contribution in [0.1, 0.15) is 19.8 Å². The highest BCUT2D eigenvalue weighted by atomic mass is 32.2. The Morgan fingerprint density at radius 1 is 1.14 bits per heavy atom. The summed E-state index contributed by atoms with van der Waals surface area (Å²) in [7, 11) is 0. The molecule has 2 rings (SSSR count). The van der Waals surface area contributed by atoms with Gasteiger partial charge < -0.3 is 4.90 Å². The molecule has 2 nitrogen and oxygen atoms in total. The Balaban J connectivity index is 1.74. The van der Waals surface area contributed by atoms with Crippen LogP contribution in [0.25, 0.3) is 0 Å². The average Bonchev–Trinajstić information content (AvgIpc) is 2.17. The summed E-state index contributed by atoms with van der Waals surface area (Å²) >= 11 is 1.95. The fraction of sp³-hybridized carbons (Fsp3) is 1.00. The molecule has 2 heterocycles. The fourth-order valence-corrected chi connectivity index (χ4v) is 3.38. The fourth-order valence-electron chi connectivity index (χ4n) is 2.84. The smallest absolute Gasteiger partial charge is 0.0441 e. The van der Waals surface area contributed by atoms with Gasteiger partial charge in [0, 0.05) is 19.0 Å². The van der Waals surface area contributed by atoms with Gasteiger partial charge in [-0.05, 0) is 44.1 Å². The zero-order chi connectivity index (χ0) is 10.0. The van der Waals surface area contributed by atoms with Crippen molar-refractivity contribution in [1.29, 1.82) is 0 Å². The lowest BCUT2D eigenvalue weighted by Gasteiger charge is -2.54. The first-order valence-corrected chi connectivity index (χ1v) is 7.11. The standard InChI is InChI=1S/C11H22N2S/c1-3-12-6-4-11(5-7-12)8-13(9-11)10-14-2/h3-10H2,1-2H3. The highest BCUT2D eigenvalue weighted by Crippen LogP contribution is 2.40. The molecular formula is C11H22N2S. The van der Waals surface area contributed by atoms with Gasteiger partial charge >= 0.3 is 0 Å². The van der Waals surface area contributed by atoms with E-state index in [-0.39, 0.29) is 0 Å². The molecule has 0 radical (unpaired) electrons. The van der Waals surface area contributed by atoms with Crippen molar-refractivity contribution in [2.24, 2.45) is 5.41 Å². The van der Waals surface area contributed by atoms with Gasteiger partial charge in [-0.1, -0.05) is 6.92 Å². The zero-order valence-electron chi connectivity index (χ0n) is 9.46. The Morgan fingerprint density at radius 2 is 1.79 bits per heavy atom. The average molecular weight is 214 g/mol. The molecule has 0 atom stereocenters. The summed E-state index contributed by atoms with van der Waals surface area (Å²) in [5.41, 5.74) is 0.724. The molecule has 2 aliphatic rings. The minimum atomic E-state index is 0.724. The Bertz CT molecular complexity index is 172. The van der Waals surface area contributed by atoms with Crippen molar-refractivity contribution in [3.8, 4) is 0 Å².